The van der Waals surface area contributed by atoms with Crippen molar-refractivity contribution >= 4 is 13.2 Å². The zero-order valence-electron chi connectivity index (χ0n) is 21.6. The van der Waals surface area contributed by atoms with E-state index in [1.54, 1.807) is 30.4 Å². The molecule has 4 heteroatoms. The highest BCUT2D eigenvalue weighted by Crippen LogP contribution is 2.36. The average molecular weight is 466 g/mol. The minimum absolute atomic E-state index is 0.0357. The van der Waals surface area contributed by atoms with Gasteiger partial charge in [-0.15, -0.1) is 0 Å². The van der Waals surface area contributed by atoms with Crippen LogP contribution in [0.3, 0.4) is 0 Å². The van der Waals surface area contributed by atoms with Crippen LogP contribution in [0, 0.1) is 5.92 Å². The van der Waals surface area contributed by atoms with Crippen molar-refractivity contribution in [2.75, 3.05) is 6.61 Å². The van der Waals surface area contributed by atoms with Crippen LogP contribution >= 0.6 is 0 Å². The summed E-state index contributed by atoms with van der Waals surface area (Å²) in [5.41, 5.74) is 0.800. The van der Waals surface area contributed by atoms with E-state index in [0.29, 0.717) is 5.76 Å². The van der Waals surface area contributed by atoms with Crippen LogP contribution in [0.1, 0.15) is 96.3 Å². The number of allylic oxidation sites excluding steroid dienone is 6. The quantitative estimate of drug-likeness (QED) is 0.180. The molecule has 3 nitrogen and oxygen atoms in total. The van der Waals surface area contributed by atoms with Gasteiger partial charge in [0.05, 0.1) is 0 Å². The number of hydrogen-bond acceptors (Lipinski definition) is 2. The van der Waals surface area contributed by atoms with Crippen molar-refractivity contribution in [2.24, 2.45) is 5.92 Å². The van der Waals surface area contributed by atoms with Gasteiger partial charge in [-0.3, -0.25) is 4.79 Å². The maximum absolute atomic E-state index is 12.2. The highest BCUT2D eigenvalue weighted by molar-refractivity contribution is 6.39. The lowest BCUT2D eigenvalue weighted by atomic mass is 9.49. The molecule has 0 aromatic carbocycles. The third-order valence-corrected chi connectivity index (χ3v) is 7.56. The summed E-state index contributed by atoms with van der Waals surface area (Å²) >= 11 is 0. The van der Waals surface area contributed by atoms with Gasteiger partial charge in [0.15, 0.2) is 6.61 Å². The van der Waals surface area contributed by atoms with Crippen LogP contribution in [0.25, 0.3) is 0 Å². The summed E-state index contributed by atoms with van der Waals surface area (Å²) in [5.74, 6) is 3.14. The number of rotatable bonds is 12. The van der Waals surface area contributed by atoms with Crippen LogP contribution < -0.4 is 5.32 Å². The van der Waals surface area contributed by atoms with E-state index in [9.17, 15) is 4.79 Å². The summed E-state index contributed by atoms with van der Waals surface area (Å²) in [6.07, 6.45) is 29.0. The number of nitrogens with one attached hydrogen (secondary N) is 1. The Balaban J connectivity index is 1.63. The van der Waals surface area contributed by atoms with Crippen LogP contribution in [0.2, 0.25) is 11.6 Å². The van der Waals surface area contributed by atoms with Gasteiger partial charge >= 0.3 is 0 Å². The third-order valence-electron chi connectivity index (χ3n) is 7.56. The molecule has 2 aliphatic rings. The molecule has 1 amide bonds. The van der Waals surface area contributed by atoms with Crippen molar-refractivity contribution < 1.29 is 9.53 Å². The maximum atomic E-state index is 12.2. The summed E-state index contributed by atoms with van der Waals surface area (Å²) in [6, 6.07) is 0. The van der Waals surface area contributed by atoms with E-state index in [2.05, 4.69) is 25.1 Å². The molecule has 1 N–H and O–H groups in total. The largest absolute Gasteiger partial charge is 0.484 e. The van der Waals surface area contributed by atoms with Crippen molar-refractivity contribution in [3.63, 3.8) is 0 Å². The molecule has 0 aromatic rings. The molecule has 2 rings (SSSR count). The Bertz CT molecular complexity index is 678. The number of carbonyl (C=O) groups is 1. The Morgan fingerprint density at radius 2 is 1.50 bits per heavy atom. The first-order valence-electron chi connectivity index (χ1n) is 13.8. The molecule has 34 heavy (non-hydrogen) atoms. The summed E-state index contributed by atoms with van der Waals surface area (Å²) in [5, 5.41) is 2.91. The Hall–Kier alpha value is -1.97. The van der Waals surface area contributed by atoms with Crippen LogP contribution in [-0.4, -0.2) is 19.8 Å². The van der Waals surface area contributed by atoms with Crippen molar-refractivity contribution in [1.82, 2.24) is 5.32 Å². The molecule has 0 atom stereocenters. The summed E-state index contributed by atoms with van der Waals surface area (Å²) < 4.78 is 5.55. The molecule has 0 saturated heterocycles. The van der Waals surface area contributed by atoms with E-state index < -0.39 is 0 Å². The molecule has 0 aliphatic heterocycles. The molecule has 0 aromatic heterocycles. The van der Waals surface area contributed by atoms with E-state index in [4.69, 9.17) is 4.74 Å². The van der Waals surface area contributed by atoms with Crippen molar-refractivity contribution in [1.29, 1.82) is 0 Å². The highest BCUT2D eigenvalue weighted by Gasteiger charge is 2.22. The predicted molar refractivity (Wildman–Crippen MR) is 148 cm³/mol. The minimum atomic E-state index is -0.165. The Morgan fingerprint density at radius 1 is 0.882 bits per heavy atom. The standard InChI is InChI=1S/C30H48BNO2/c1-4-6-21-29(14-5-2)34-24-30(33)32-25(3)22-23-26-15-12-19-28(20-13-16-26)31-27-17-10-8-7-9-11-18-27/h4-6,14,21,26-28,31H,1-3,7-13,15-20,22-24H2,(H,32,33)/b21-6-,29-14+. The van der Waals surface area contributed by atoms with Gasteiger partial charge in [0.25, 0.3) is 5.91 Å². The van der Waals surface area contributed by atoms with E-state index >= 15 is 0 Å². The molecule has 2 aliphatic carbocycles. The molecule has 0 unspecified atom stereocenters. The highest BCUT2D eigenvalue weighted by atomic mass is 16.5. The van der Waals surface area contributed by atoms with Crippen LogP contribution in [0.4, 0.5) is 0 Å². The molecule has 0 spiro atoms. The SMILES string of the molecule is C=C/C=C\C(=C/C=C)OCC(=O)NC(=C)CCC1CCCC(BC2CCCCCCC2)CCC1. The predicted octanol–water partition coefficient (Wildman–Crippen LogP) is 7.95. The van der Waals surface area contributed by atoms with Gasteiger partial charge in [-0.1, -0.05) is 133 Å². The summed E-state index contributed by atoms with van der Waals surface area (Å²) in [4.78, 5) is 12.2. The molecule has 0 bridgehead atoms. The molecule has 188 valence electrons. The lowest BCUT2D eigenvalue weighted by Crippen LogP contribution is -2.26. The molecule has 0 radical (unpaired) electrons. The molecule has 2 fully saturated rings. The summed E-state index contributed by atoms with van der Waals surface area (Å²) in [6.45, 7) is 11.4. The van der Waals surface area contributed by atoms with Gasteiger partial charge in [0, 0.05) is 5.70 Å². The second-order valence-corrected chi connectivity index (χ2v) is 10.4. The Labute approximate surface area is 210 Å². The first kappa shape index (κ1) is 28.3. The van der Waals surface area contributed by atoms with Crippen LogP contribution in [-0.2, 0) is 9.53 Å². The second kappa shape index (κ2) is 17.5. The number of hydrogen-bond donors (Lipinski definition) is 1. The fourth-order valence-electron chi connectivity index (χ4n) is 5.71. The lowest BCUT2D eigenvalue weighted by molar-refractivity contribution is -0.123. The van der Waals surface area contributed by atoms with Gasteiger partial charge in [0.1, 0.15) is 13.0 Å². The zero-order chi connectivity index (χ0) is 24.4. The first-order chi connectivity index (χ1) is 16.6. The fourth-order valence-corrected chi connectivity index (χ4v) is 5.71. The number of carbonyl (C=O) groups excluding carboxylic acids is 1. The molecular weight excluding hydrogens is 417 g/mol. The number of amides is 1. The molecule has 0 heterocycles. The second-order valence-electron chi connectivity index (χ2n) is 10.4. The Morgan fingerprint density at radius 3 is 2.12 bits per heavy atom. The average Bonchev–Trinajstić information content (AvgIpc) is 2.78. The Kier molecular flexibility index (Phi) is 14.5. The monoisotopic (exact) mass is 465 g/mol. The lowest BCUT2D eigenvalue weighted by Gasteiger charge is -2.28. The van der Waals surface area contributed by atoms with Crippen molar-refractivity contribution in [3.8, 4) is 0 Å². The van der Waals surface area contributed by atoms with Crippen LogP contribution in [0.15, 0.2) is 61.6 Å². The normalized spacial score (nSPS) is 23.1. The zero-order valence-corrected chi connectivity index (χ0v) is 21.6. The van der Waals surface area contributed by atoms with Gasteiger partial charge in [-0.2, -0.15) is 0 Å². The fraction of sp³-hybridized carbons (Fsp3) is 0.633. The molecule has 2 saturated carbocycles. The first-order valence-corrected chi connectivity index (χ1v) is 13.8. The van der Waals surface area contributed by atoms with Gasteiger partial charge in [-0.05, 0) is 30.9 Å². The third kappa shape index (κ3) is 12.5. The van der Waals surface area contributed by atoms with E-state index in [1.807, 2.05) is 0 Å². The van der Waals surface area contributed by atoms with Gasteiger partial charge in [-0.25, -0.2) is 0 Å². The minimum Gasteiger partial charge on any atom is -0.484 e. The van der Waals surface area contributed by atoms with E-state index in [-0.39, 0.29) is 12.5 Å². The van der Waals surface area contributed by atoms with Crippen molar-refractivity contribution in [3.05, 3.63) is 61.6 Å². The van der Waals surface area contributed by atoms with Crippen LogP contribution in [0.5, 0.6) is 0 Å². The number of ether oxygens (including phenoxy) is 1. The van der Waals surface area contributed by atoms with Gasteiger partial charge < -0.3 is 10.1 Å². The van der Waals surface area contributed by atoms with E-state index in [1.165, 1.54) is 90.8 Å². The molecular formula is C30H48BNO2. The van der Waals surface area contributed by atoms with Crippen molar-refractivity contribution in [2.45, 2.75) is 108 Å². The van der Waals surface area contributed by atoms with E-state index in [0.717, 1.165) is 36.1 Å². The maximum Gasteiger partial charge on any atom is 0.262 e. The summed E-state index contributed by atoms with van der Waals surface area (Å²) in [7, 11) is 1.49. The topological polar surface area (TPSA) is 38.3 Å². The smallest absolute Gasteiger partial charge is 0.262 e. The van der Waals surface area contributed by atoms with Gasteiger partial charge in [0.2, 0.25) is 0 Å².